The van der Waals surface area contributed by atoms with Crippen molar-refractivity contribution in [3.8, 4) is 0 Å². The topological polar surface area (TPSA) is 75.4 Å². The highest BCUT2D eigenvalue weighted by Gasteiger charge is 2.30. The molecule has 1 unspecified atom stereocenters. The minimum Gasteiger partial charge on any atom is -0.349 e. The van der Waals surface area contributed by atoms with Gasteiger partial charge in [-0.2, -0.15) is 5.10 Å². The maximum absolute atomic E-state index is 14.4. The SMILES string of the molecule is O=C(Nc1cnn2ccc(N3CCCC3c3cc(F)ccc3F)nc12)c1ccc(Cl)cn1. The lowest BCUT2D eigenvalue weighted by Gasteiger charge is -2.26. The van der Waals surface area contributed by atoms with E-state index in [1.165, 1.54) is 29.0 Å². The van der Waals surface area contributed by atoms with Crippen LogP contribution in [0, 0.1) is 11.6 Å². The lowest BCUT2D eigenvalue weighted by atomic mass is 10.0. The fraction of sp³-hybridized carbons (Fsp3) is 0.182. The zero-order valence-electron chi connectivity index (χ0n) is 16.7. The molecule has 0 saturated carbocycles. The van der Waals surface area contributed by atoms with Crippen molar-refractivity contribution in [3.05, 3.63) is 82.9 Å². The molecule has 3 aromatic heterocycles. The average molecular weight is 455 g/mol. The van der Waals surface area contributed by atoms with E-state index in [1.807, 2.05) is 4.90 Å². The normalized spacial score (nSPS) is 16.0. The third-order valence-electron chi connectivity index (χ3n) is 5.43. The number of nitrogens with one attached hydrogen (secondary N) is 1. The number of benzene rings is 1. The van der Waals surface area contributed by atoms with Crippen LogP contribution in [0.2, 0.25) is 5.02 Å². The van der Waals surface area contributed by atoms with E-state index in [9.17, 15) is 13.6 Å². The molecule has 7 nitrogen and oxygen atoms in total. The summed E-state index contributed by atoms with van der Waals surface area (Å²) in [4.78, 5) is 23.2. The molecule has 10 heteroatoms. The van der Waals surface area contributed by atoms with Crippen LogP contribution in [-0.2, 0) is 0 Å². The Kier molecular flexibility index (Phi) is 5.18. The van der Waals surface area contributed by atoms with E-state index >= 15 is 0 Å². The summed E-state index contributed by atoms with van der Waals surface area (Å²) in [5.74, 6) is -0.765. The van der Waals surface area contributed by atoms with Crippen LogP contribution in [0.25, 0.3) is 5.65 Å². The van der Waals surface area contributed by atoms with Gasteiger partial charge < -0.3 is 10.2 Å². The molecule has 0 spiro atoms. The summed E-state index contributed by atoms with van der Waals surface area (Å²) in [6.45, 7) is 0.647. The van der Waals surface area contributed by atoms with Crippen LogP contribution in [0.3, 0.4) is 0 Å². The number of amides is 1. The number of rotatable bonds is 4. The zero-order valence-corrected chi connectivity index (χ0v) is 17.4. The highest BCUT2D eigenvalue weighted by Crippen LogP contribution is 2.37. The van der Waals surface area contributed by atoms with Gasteiger partial charge in [-0.3, -0.25) is 4.79 Å². The minimum absolute atomic E-state index is 0.200. The van der Waals surface area contributed by atoms with Crippen molar-refractivity contribution in [2.24, 2.45) is 0 Å². The van der Waals surface area contributed by atoms with Gasteiger partial charge in [0.2, 0.25) is 0 Å². The molecule has 1 amide bonds. The molecular weight excluding hydrogens is 438 g/mol. The second-order valence-corrected chi connectivity index (χ2v) is 7.88. The van der Waals surface area contributed by atoms with Gasteiger partial charge in [0, 0.05) is 24.5 Å². The second kappa shape index (κ2) is 8.16. The Balaban J connectivity index is 1.46. The van der Waals surface area contributed by atoms with Gasteiger partial charge in [-0.1, -0.05) is 11.6 Å². The first-order valence-corrected chi connectivity index (χ1v) is 10.4. The van der Waals surface area contributed by atoms with Crippen molar-refractivity contribution in [1.82, 2.24) is 19.6 Å². The Hall–Kier alpha value is -3.59. The first-order valence-electron chi connectivity index (χ1n) is 9.98. The molecule has 1 saturated heterocycles. The molecule has 0 radical (unpaired) electrons. The van der Waals surface area contributed by atoms with E-state index < -0.39 is 17.5 Å². The maximum atomic E-state index is 14.4. The second-order valence-electron chi connectivity index (χ2n) is 7.45. The third kappa shape index (κ3) is 3.75. The van der Waals surface area contributed by atoms with Crippen LogP contribution in [-0.4, -0.2) is 32.0 Å². The standard InChI is InChI=1S/C22H17ClF2N6O/c23-13-3-6-17(26-11-13)22(32)28-18-12-27-31-9-7-20(29-21(18)31)30-8-1-2-19(30)15-10-14(24)4-5-16(15)25/h3-7,9-12,19H,1-2,8H2,(H,28,32). The van der Waals surface area contributed by atoms with Crippen molar-refractivity contribution in [3.63, 3.8) is 0 Å². The minimum atomic E-state index is -0.478. The number of hydrogen-bond donors (Lipinski definition) is 1. The predicted octanol–water partition coefficient (Wildman–Crippen LogP) is 4.65. The van der Waals surface area contributed by atoms with Crippen molar-refractivity contribution in [2.45, 2.75) is 18.9 Å². The molecule has 162 valence electrons. The summed E-state index contributed by atoms with van der Waals surface area (Å²) in [5.41, 5.74) is 1.34. The number of carbonyl (C=O) groups is 1. The summed E-state index contributed by atoms with van der Waals surface area (Å²) in [7, 11) is 0. The van der Waals surface area contributed by atoms with Gasteiger partial charge in [0.15, 0.2) is 5.65 Å². The van der Waals surface area contributed by atoms with Crippen molar-refractivity contribution in [2.75, 3.05) is 16.8 Å². The fourth-order valence-corrected chi connectivity index (χ4v) is 4.05. The molecule has 1 fully saturated rings. The van der Waals surface area contributed by atoms with Crippen LogP contribution >= 0.6 is 11.6 Å². The van der Waals surface area contributed by atoms with Gasteiger partial charge in [-0.25, -0.2) is 23.3 Å². The van der Waals surface area contributed by atoms with Gasteiger partial charge in [0.25, 0.3) is 5.91 Å². The fourth-order valence-electron chi connectivity index (χ4n) is 3.94. The first-order chi connectivity index (χ1) is 15.5. The molecule has 1 aliphatic heterocycles. The number of aromatic nitrogens is 4. The van der Waals surface area contributed by atoms with Crippen LogP contribution in [0.1, 0.15) is 34.9 Å². The molecule has 0 aliphatic carbocycles. The van der Waals surface area contributed by atoms with Gasteiger partial charge in [0.05, 0.1) is 17.3 Å². The average Bonchev–Trinajstić information content (AvgIpc) is 3.43. The smallest absolute Gasteiger partial charge is 0.274 e. The Morgan fingerprint density at radius 1 is 1.16 bits per heavy atom. The predicted molar refractivity (Wildman–Crippen MR) is 116 cm³/mol. The molecule has 1 aromatic carbocycles. The van der Waals surface area contributed by atoms with Crippen LogP contribution in [0.4, 0.5) is 20.3 Å². The highest BCUT2D eigenvalue weighted by molar-refractivity contribution is 6.30. The largest absolute Gasteiger partial charge is 0.349 e. The van der Waals surface area contributed by atoms with E-state index in [1.54, 1.807) is 18.3 Å². The van der Waals surface area contributed by atoms with Gasteiger partial charge in [-0.15, -0.1) is 0 Å². The third-order valence-corrected chi connectivity index (χ3v) is 5.65. The lowest BCUT2D eigenvalue weighted by Crippen LogP contribution is -2.24. The van der Waals surface area contributed by atoms with E-state index in [-0.39, 0.29) is 11.7 Å². The maximum Gasteiger partial charge on any atom is 0.274 e. The van der Waals surface area contributed by atoms with Gasteiger partial charge >= 0.3 is 0 Å². The summed E-state index contributed by atoms with van der Waals surface area (Å²) >= 11 is 5.82. The van der Waals surface area contributed by atoms with Crippen molar-refractivity contribution < 1.29 is 13.6 Å². The molecule has 1 N–H and O–H groups in total. The monoisotopic (exact) mass is 454 g/mol. The number of hydrogen-bond acceptors (Lipinski definition) is 5. The Bertz CT molecular complexity index is 1310. The summed E-state index contributed by atoms with van der Waals surface area (Å²) in [5, 5.41) is 7.41. The molecule has 4 aromatic rings. The Morgan fingerprint density at radius 2 is 2.03 bits per heavy atom. The van der Waals surface area contributed by atoms with Crippen LogP contribution < -0.4 is 10.2 Å². The summed E-state index contributed by atoms with van der Waals surface area (Å²) in [6, 6.07) is 8.02. The number of pyridine rings is 1. The van der Waals surface area contributed by atoms with Crippen molar-refractivity contribution >= 4 is 34.7 Å². The summed E-state index contributed by atoms with van der Waals surface area (Å²) < 4.78 is 29.7. The molecular formula is C22H17ClF2N6O. The van der Waals surface area contributed by atoms with Crippen LogP contribution in [0.5, 0.6) is 0 Å². The van der Waals surface area contributed by atoms with E-state index in [4.69, 9.17) is 11.6 Å². The molecule has 0 bridgehead atoms. The zero-order chi connectivity index (χ0) is 22.2. The number of carbonyl (C=O) groups excluding carboxylic acids is 1. The molecule has 1 atom stereocenters. The molecule has 1 aliphatic rings. The number of halogens is 3. The first kappa shape index (κ1) is 20.3. The van der Waals surface area contributed by atoms with Crippen LogP contribution in [0.15, 0.2) is 55.0 Å². The summed E-state index contributed by atoms with van der Waals surface area (Å²) in [6.07, 6.45) is 6.09. The van der Waals surface area contributed by atoms with Gasteiger partial charge in [0.1, 0.15) is 28.8 Å². The highest BCUT2D eigenvalue weighted by atomic mass is 35.5. The Morgan fingerprint density at radius 3 is 2.84 bits per heavy atom. The molecule has 5 rings (SSSR count). The van der Waals surface area contributed by atoms with E-state index in [2.05, 4.69) is 20.4 Å². The lowest BCUT2D eigenvalue weighted by molar-refractivity contribution is 0.102. The van der Waals surface area contributed by atoms with E-state index in [0.29, 0.717) is 40.7 Å². The molecule has 4 heterocycles. The Labute approximate surface area is 186 Å². The number of nitrogens with zero attached hydrogens (tertiary/aromatic N) is 5. The quantitative estimate of drug-likeness (QED) is 0.486. The molecule has 32 heavy (non-hydrogen) atoms. The number of anilines is 2. The van der Waals surface area contributed by atoms with E-state index in [0.717, 1.165) is 18.6 Å². The number of fused-ring (bicyclic) bond motifs is 1. The van der Waals surface area contributed by atoms with Gasteiger partial charge in [-0.05, 0) is 49.2 Å². The van der Waals surface area contributed by atoms with Crippen molar-refractivity contribution in [1.29, 1.82) is 0 Å².